The van der Waals surface area contributed by atoms with Crippen molar-refractivity contribution < 1.29 is 4.79 Å². The molecular weight excluding hydrogens is 256 g/mol. The van der Waals surface area contributed by atoms with Crippen LogP contribution in [0.1, 0.15) is 16.2 Å². The SMILES string of the molecule is Cc1nn2c(N)c(C(N)=O)nnc2c1-c1ccccc1. The summed E-state index contributed by atoms with van der Waals surface area (Å²) in [5.74, 6) is -0.640. The number of benzene rings is 1. The standard InChI is InChI=1S/C13H12N6O/c1-7-9(8-5-3-2-4-6-8)13-17-16-10(12(15)20)11(14)19(13)18-7/h2-6H,14H2,1H3,(H2,15,20). The van der Waals surface area contributed by atoms with Crippen LogP contribution in [0.5, 0.6) is 0 Å². The number of amides is 1. The summed E-state index contributed by atoms with van der Waals surface area (Å²) < 4.78 is 1.39. The Kier molecular flexibility index (Phi) is 2.60. The number of primary amides is 1. The van der Waals surface area contributed by atoms with Crippen molar-refractivity contribution in [2.45, 2.75) is 6.92 Å². The monoisotopic (exact) mass is 268 g/mol. The van der Waals surface area contributed by atoms with Crippen LogP contribution in [0.2, 0.25) is 0 Å². The predicted molar refractivity (Wildman–Crippen MR) is 73.9 cm³/mol. The van der Waals surface area contributed by atoms with Gasteiger partial charge in [-0.25, -0.2) is 0 Å². The maximum Gasteiger partial charge on any atom is 0.273 e. The Morgan fingerprint density at radius 3 is 2.55 bits per heavy atom. The molecule has 1 aromatic carbocycles. The normalized spacial score (nSPS) is 10.8. The summed E-state index contributed by atoms with van der Waals surface area (Å²) in [5, 5.41) is 12.1. The van der Waals surface area contributed by atoms with Crippen molar-refractivity contribution in [2.24, 2.45) is 5.73 Å². The number of hydrogen-bond donors (Lipinski definition) is 2. The van der Waals surface area contributed by atoms with E-state index < -0.39 is 5.91 Å². The zero-order valence-corrected chi connectivity index (χ0v) is 10.7. The molecule has 0 bridgehead atoms. The third-order valence-corrected chi connectivity index (χ3v) is 3.05. The molecule has 4 N–H and O–H groups in total. The smallest absolute Gasteiger partial charge is 0.273 e. The van der Waals surface area contributed by atoms with Gasteiger partial charge in [0.1, 0.15) is 0 Å². The molecule has 1 amide bonds. The number of anilines is 1. The maximum atomic E-state index is 11.2. The number of hydrogen-bond acceptors (Lipinski definition) is 5. The third-order valence-electron chi connectivity index (χ3n) is 3.05. The van der Waals surface area contributed by atoms with Crippen LogP contribution in [0.15, 0.2) is 30.3 Å². The summed E-state index contributed by atoms with van der Waals surface area (Å²) in [5.41, 5.74) is 14.0. The quantitative estimate of drug-likeness (QED) is 0.713. The zero-order chi connectivity index (χ0) is 14.3. The third kappa shape index (κ3) is 1.68. The second kappa shape index (κ2) is 4.30. The van der Waals surface area contributed by atoms with Crippen molar-refractivity contribution in [3.05, 3.63) is 41.7 Å². The van der Waals surface area contributed by atoms with Gasteiger partial charge in [0.2, 0.25) is 0 Å². The van der Waals surface area contributed by atoms with Crippen LogP contribution in [0.3, 0.4) is 0 Å². The highest BCUT2D eigenvalue weighted by Gasteiger charge is 2.19. The van der Waals surface area contributed by atoms with Crippen LogP contribution in [0.25, 0.3) is 16.8 Å². The molecule has 0 aliphatic heterocycles. The van der Waals surface area contributed by atoms with E-state index in [1.807, 2.05) is 37.3 Å². The van der Waals surface area contributed by atoms with Crippen LogP contribution < -0.4 is 11.5 Å². The first kappa shape index (κ1) is 12.1. The van der Waals surface area contributed by atoms with Crippen LogP contribution in [0.4, 0.5) is 5.82 Å². The van der Waals surface area contributed by atoms with Gasteiger partial charge in [-0.1, -0.05) is 30.3 Å². The zero-order valence-electron chi connectivity index (χ0n) is 10.7. The molecular formula is C13H12N6O. The molecule has 0 unspecified atom stereocenters. The lowest BCUT2D eigenvalue weighted by atomic mass is 10.1. The number of rotatable bonds is 2. The lowest BCUT2D eigenvalue weighted by Crippen LogP contribution is -2.19. The fourth-order valence-electron chi connectivity index (χ4n) is 2.14. The summed E-state index contributed by atoms with van der Waals surface area (Å²) in [7, 11) is 0. The predicted octanol–water partition coefficient (Wildman–Crippen LogP) is 0.781. The van der Waals surface area contributed by atoms with E-state index in [1.54, 1.807) is 0 Å². The van der Waals surface area contributed by atoms with Crippen LogP contribution in [0, 0.1) is 6.92 Å². The van der Waals surface area contributed by atoms with Gasteiger partial charge in [-0.05, 0) is 12.5 Å². The van der Waals surface area contributed by atoms with E-state index in [0.29, 0.717) is 5.65 Å². The van der Waals surface area contributed by atoms with Crippen LogP contribution in [-0.2, 0) is 0 Å². The second-order valence-electron chi connectivity index (χ2n) is 4.36. The minimum Gasteiger partial charge on any atom is -0.382 e. The molecule has 0 aliphatic carbocycles. The highest BCUT2D eigenvalue weighted by molar-refractivity contribution is 5.95. The first-order chi connectivity index (χ1) is 9.59. The number of aromatic nitrogens is 4. The van der Waals surface area contributed by atoms with Gasteiger partial charge in [0.25, 0.3) is 5.91 Å². The Morgan fingerprint density at radius 1 is 1.20 bits per heavy atom. The summed E-state index contributed by atoms with van der Waals surface area (Å²) in [6.45, 7) is 1.85. The Balaban J connectivity index is 2.34. The number of fused-ring (bicyclic) bond motifs is 1. The second-order valence-corrected chi connectivity index (χ2v) is 4.36. The average molecular weight is 268 g/mol. The van der Waals surface area contributed by atoms with Crippen molar-refractivity contribution in [3.8, 4) is 11.1 Å². The van der Waals surface area contributed by atoms with E-state index >= 15 is 0 Å². The minimum absolute atomic E-state index is 0.0837. The van der Waals surface area contributed by atoms with E-state index in [4.69, 9.17) is 11.5 Å². The number of carbonyl (C=O) groups excluding carboxylic acids is 1. The molecule has 0 aliphatic rings. The van der Waals surface area contributed by atoms with Crippen LogP contribution >= 0.6 is 0 Å². The summed E-state index contributed by atoms with van der Waals surface area (Å²) in [6, 6.07) is 9.67. The number of aryl methyl sites for hydroxylation is 1. The molecule has 3 aromatic rings. The van der Waals surface area contributed by atoms with Crippen molar-refractivity contribution in [3.63, 3.8) is 0 Å². The molecule has 0 saturated heterocycles. The summed E-state index contributed by atoms with van der Waals surface area (Å²) in [4.78, 5) is 11.2. The molecule has 0 atom stereocenters. The van der Waals surface area contributed by atoms with Crippen molar-refractivity contribution in [2.75, 3.05) is 5.73 Å². The first-order valence-electron chi connectivity index (χ1n) is 5.96. The number of carbonyl (C=O) groups is 1. The van der Waals surface area contributed by atoms with Crippen molar-refractivity contribution in [1.82, 2.24) is 19.8 Å². The fraction of sp³-hybridized carbons (Fsp3) is 0.0769. The lowest BCUT2D eigenvalue weighted by molar-refractivity contribution is 0.0995. The molecule has 20 heavy (non-hydrogen) atoms. The number of nitrogens with two attached hydrogens (primary N) is 2. The number of nitrogens with zero attached hydrogens (tertiary/aromatic N) is 4. The Labute approximate surface area is 114 Å². The van der Waals surface area contributed by atoms with E-state index in [9.17, 15) is 4.79 Å². The first-order valence-corrected chi connectivity index (χ1v) is 5.96. The molecule has 0 spiro atoms. The molecule has 2 heterocycles. The Bertz CT molecular complexity index is 809. The molecule has 2 aromatic heterocycles. The fourth-order valence-corrected chi connectivity index (χ4v) is 2.14. The van der Waals surface area contributed by atoms with E-state index in [-0.39, 0.29) is 11.5 Å². The minimum atomic E-state index is -0.730. The van der Waals surface area contributed by atoms with Gasteiger partial charge in [0.15, 0.2) is 17.2 Å². The molecule has 0 saturated carbocycles. The van der Waals surface area contributed by atoms with Gasteiger partial charge in [-0.15, -0.1) is 10.2 Å². The van der Waals surface area contributed by atoms with Crippen molar-refractivity contribution >= 4 is 17.4 Å². The Hall–Kier alpha value is -2.96. The summed E-state index contributed by atoms with van der Waals surface area (Å²) in [6.07, 6.45) is 0. The molecule has 7 nitrogen and oxygen atoms in total. The van der Waals surface area contributed by atoms with Gasteiger partial charge < -0.3 is 11.5 Å². The Morgan fingerprint density at radius 2 is 1.90 bits per heavy atom. The van der Waals surface area contributed by atoms with Gasteiger partial charge >= 0.3 is 0 Å². The van der Waals surface area contributed by atoms with Gasteiger partial charge in [0.05, 0.1) is 11.3 Å². The van der Waals surface area contributed by atoms with Crippen molar-refractivity contribution in [1.29, 1.82) is 0 Å². The van der Waals surface area contributed by atoms with Gasteiger partial charge in [-0.2, -0.15) is 9.61 Å². The molecule has 7 heteroatoms. The summed E-state index contributed by atoms with van der Waals surface area (Å²) >= 11 is 0. The highest BCUT2D eigenvalue weighted by Crippen LogP contribution is 2.27. The lowest BCUT2D eigenvalue weighted by Gasteiger charge is -2.03. The number of nitrogen functional groups attached to an aromatic ring is 1. The largest absolute Gasteiger partial charge is 0.382 e. The maximum absolute atomic E-state index is 11.2. The molecule has 3 rings (SSSR count). The molecule has 0 radical (unpaired) electrons. The average Bonchev–Trinajstić information content (AvgIpc) is 2.77. The van der Waals surface area contributed by atoms with E-state index in [2.05, 4.69) is 15.3 Å². The van der Waals surface area contributed by atoms with E-state index in [0.717, 1.165) is 16.8 Å². The van der Waals surface area contributed by atoms with Gasteiger partial charge in [0, 0.05) is 0 Å². The molecule has 0 fully saturated rings. The molecule has 100 valence electrons. The van der Waals surface area contributed by atoms with Crippen LogP contribution in [-0.4, -0.2) is 25.7 Å². The topological polar surface area (TPSA) is 112 Å². The highest BCUT2D eigenvalue weighted by atomic mass is 16.1. The van der Waals surface area contributed by atoms with E-state index in [1.165, 1.54) is 4.52 Å². The van der Waals surface area contributed by atoms with Gasteiger partial charge in [-0.3, -0.25) is 4.79 Å².